The van der Waals surface area contributed by atoms with Gasteiger partial charge in [0.15, 0.2) is 0 Å². The molecule has 0 aliphatic carbocycles. The van der Waals surface area contributed by atoms with Crippen LogP contribution in [0.4, 0.5) is 5.69 Å². The summed E-state index contributed by atoms with van der Waals surface area (Å²) in [5.74, 6) is 0.438. The van der Waals surface area contributed by atoms with Crippen LogP contribution in [0.15, 0.2) is 60.7 Å². The Morgan fingerprint density at radius 3 is 2.66 bits per heavy atom. The van der Waals surface area contributed by atoms with Crippen molar-refractivity contribution in [3.05, 3.63) is 76.3 Å². The fourth-order valence-corrected chi connectivity index (χ4v) is 3.52. The first kappa shape index (κ1) is 18.9. The smallest absolute Gasteiger partial charge is 0.270 e. The van der Waals surface area contributed by atoms with E-state index in [1.807, 2.05) is 22.9 Å². The average molecular weight is 389 g/mol. The molecule has 1 heterocycles. The van der Waals surface area contributed by atoms with Gasteiger partial charge in [-0.15, -0.1) is 5.10 Å². The van der Waals surface area contributed by atoms with Crippen molar-refractivity contribution in [1.29, 1.82) is 0 Å². The number of non-ortho nitro benzene ring substituents is 1. The topological polar surface area (TPSA) is 70.2 Å². The minimum atomic E-state index is -0.388. The van der Waals surface area contributed by atoms with Crippen LogP contribution in [-0.4, -0.2) is 14.7 Å². The molecule has 4 aromatic rings. The average Bonchev–Trinajstić information content (AvgIpc) is 3.09. The highest BCUT2D eigenvalue weighted by Crippen LogP contribution is 2.30. The molecule has 0 N–H and O–H groups in total. The number of hydrogen-bond donors (Lipinski definition) is 0. The van der Waals surface area contributed by atoms with Gasteiger partial charge in [0.05, 0.1) is 15.8 Å². The maximum atomic E-state index is 11.2. The summed E-state index contributed by atoms with van der Waals surface area (Å²) in [7, 11) is 0. The molecule has 6 heteroatoms. The molecule has 0 saturated heterocycles. The predicted octanol–water partition coefficient (Wildman–Crippen LogP) is 5.87. The summed E-state index contributed by atoms with van der Waals surface area (Å²) in [5.41, 5.74) is 1.93. The lowest BCUT2D eigenvalue weighted by molar-refractivity contribution is -0.384. The van der Waals surface area contributed by atoms with Gasteiger partial charge in [-0.25, -0.2) is 0 Å². The van der Waals surface area contributed by atoms with Crippen molar-refractivity contribution in [1.82, 2.24) is 9.78 Å². The fraction of sp³-hybridized carbons (Fsp3) is 0.261. The van der Waals surface area contributed by atoms with Crippen LogP contribution in [0.2, 0.25) is 0 Å². The molecule has 0 amide bonds. The number of nitro benzene ring substituents is 1. The Kier molecular flexibility index (Phi) is 5.42. The van der Waals surface area contributed by atoms with Crippen molar-refractivity contribution < 1.29 is 9.66 Å². The van der Waals surface area contributed by atoms with Crippen molar-refractivity contribution in [2.75, 3.05) is 0 Å². The number of unbranched alkanes of at least 4 members (excludes halogenated alkanes) is 2. The molecule has 0 atom stereocenters. The SMILES string of the molecule is CCCCCn1nc(OCc2ccc3ccccc3c2)c2cc([N+](=O)[O-])ccc21. The zero-order valence-corrected chi connectivity index (χ0v) is 16.4. The predicted molar refractivity (Wildman–Crippen MR) is 114 cm³/mol. The van der Waals surface area contributed by atoms with Gasteiger partial charge in [-0.1, -0.05) is 56.2 Å². The number of fused-ring (bicyclic) bond motifs is 2. The summed E-state index contributed by atoms with van der Waals surface area (Å²) in [4.78, 5) is 10.8. The molecule has 0 radical (unpaired) electrons. The highest BCUT2D eigenvalue weighted by Gasteiger charge is 2.16. The van der Waals surface area contributed by atoms with Crippen LogP contribution >= 0.6 is 0 Å². The molecular weight excluding hydrogens is 366 g/mol. The second-order valence-corrected chi connectivity index (χ2v) is 7.16. The maximum Gasteiger partial charge on any atom is 0.270 e. The number of nitro groups is 1. The van der Waals surface area contributed by atoms with E-state index in [0.717, 1.165) is 42.3 Å². The second kappa shape index (κ2) is 8.31. The number of aromatic nitrogens is 2. The first-order chi connectivity index (χ1) is 14.2. The third kappa shape index (κ3) is 4.06. The number of hydrogen-bond acceptors (Lipinski definition) is 4. The van der Waals surface area contributed by atoms with Gasteiger partial charge in [-0.05, 0) is 34.9 Å². The lowest BCUT2D eigenvalue weighted by atomic mass is 10.1. The molecule has 148 valence electrons. The molecule has 4 rings (SSSR count). The number of aryl methyl sites for hydroxylation is 1. The van der Waals surface area contributed by atoms with Crippen LogP contribution in [0, 0.1) is 10.1 Å². The van der Waals surface area contributed by atoms with Gasteiger partial charge in [0.2, 0.25) is 5.88 Å². The van der Waals surface area contributed by atoms with Gasteiger partial charge in [-0.2, -0.15) is 0 Å². The normalized spacial score (nSPS) is 11.2. The molecule has 3 aromatic carbocycles. The van der Waals surface area contributed by atoms with Crippen molar-refractivity contribution in [3.63, 3.8) is 0 Å². The summed E-state index contributed by atoms with van der Waals surface area (Å²) >= 11 is 0. The Bertz CT molecular complexity index is 1170. The summed E-state index contributed by atoms with van der Waals surface area (Å²) < 4.78 is 7.91. The Balaban J connectivity index is 1.63. The highest BCUT2D eigenvalue weighted by molar-refractivity contribution is 5.87. The molecule has 0 spiro atoms. The van der Waals surface area contributed by atoms with Crippen molar-refractivity contribution in [2.24, 2.45) is 0 Å². The minimum absolute atomic E-state index is 0.0427. The molecule has 29 heavy (non-hydrogen) atoms. The van der Waals surface area contributed by atoms with E-state index in [9.17, 15) is 10.1 Å². The molecule has 0 bridgehead atoms. The van der Waals surface area contributed by atoms with Crippen molar-refractivity contribution in [3.8, 4) is 5.88 Å². The number of ether oxygens (including phenoxy) is 1. The van der Waals surface area contributed by atoms with E-state index in [4.69, 9.17) is 4.74 Å². The monoisotopic (exact) mass is 389 g/mol. The molecule has 0 saturated carbocycles. The van der Waals surface area contributed by atoms with E-state index in [1.54, 1.807) is 12.1 Å². The van der Waals surface area contributed by atoms with E-state index < -0.39 is 0 Å². The molecule has 0 aliphatic rings. The van der Waals surface area contributed by atoms with E-state index in [2.05, 4.69) is 36.3 Å². The quantitative estimate of drug-likeness (QED) is 0.215. The van der Waals surface area contributed by atoms with E-state index in [1.165, 1.54) is 11.5 Å². The number of rotatable bonds is 8. The zero-order chi connectivity index (χ0) is 20.2. The standard InChI is InChI=1S/C23H23N3O3/c1-2-3-6-13-25-22-12-11-20(26(27)28)15-21(22)23(24-25)29-16-17-9-10-18-7-4-5-8-19(18)14-17/h4-5,7-12,14-15H,2-3,6,13,16H2,1H3. The van der Waals surface area contributed by atoms with Gasteiger partial charge in [0, 0.05) is 18.7 Å². The molecule has 1 aromatic heterocycles. The van der Waals surface area contributed by atoms with E-state index >= 15 is 0 Å². The Morgan fingerprint density at radius 2 is 1.86 bits per heavy atom. The summed E-state index contributed by atoms with van der Waals surface area (Å²) in [6, 6.07) is 19.2. The molecular formula is C23H23N3O3. The van der Waals surface area contributed by atoms with Crippen LogP contribution in [-0.2, 0) is 13.2 Å². The van der Waals surface area contributed by atoms with Crippen LogP contribution < -0.4 is 4.74 Å². The first-order valence-electron chi connectivity index (χ1n) is 9.91. The van der Waals surface area contributed by atoms with Crippen LogP contribution in [0.5, 0.6) is 5.88 Å². The van der Waals surface area contributed by atoms with Gasteiger partial charge < -0.3 is 4.74 Å². The molecule has 6 nitrogen and oxygen atoms in total. The molecule has 0 aliphatic heterocycles. The summed E-state index contributed by atoms with van der Waals surface area (Å²) in [6.07, 6.45) is 3.24. The van der Waals surface area contributed by atoms with Crippen molar-refractivity contribution in [2.45, 2.75) is 39.3 Å². The van der Waals surface area contributed by atoms with Crippen molar-refractivity contribution >= 4 is 27.4 Å². The maximum absolute atomic E-state index is 11.2. The Labute approximate surface area is 168 Å². The lowest BCUT2D eigenvalue weighted by Gasteiger charge is -2.05. The van der Waals surface area contributed by atoms with Crippen LogP contribution in [0.3, 0.4) is 0 Å². The molecule has 0 fully saturated rings. The van der Waals surface area contributed by atoms with Gasteiger partial charge in [0.25, 0.3) is 5.69 Å². The Hall–Kier alpha value is -3.41. The van der Waals surface area contributed by atoms with Gasteiger partial charge >= 0.3 is 0 Å². The zero-order valence-electron chi connectivity index (χ0n) is 16.4. The van der Waals surface area contributed by atoms with E-state index in [0.29, 0.717) is 17.9 Å². The van der Waals surface area contributed by atoms with E-state index in [-0.39, 0.29) is 10.6 Å². The number of nitrogens with zero attached hydrogens (tertiary/aromatic N) is 3. The third-order valence-corrected chi connectivity index (χ3v) is 5.07. The lowest BCUT2D eigenvalue weighted by Crippen LogP contribution is -2.01. The van der Waals surface area contributed by atoms with Gasteiger partial charge in [0.1, 0.15) is 6.61 Å². The second-order valence-electron chi connectivity index (χ2n) is 7.16. The Morgan fingerprint density at radius 1 is 1.03 bits per heavy atom. The number of benzene rings is 3. The first-order valence-corrected chi connectivity index (χ1v) is 9.91. The summed E-state index contributed by atoms with van der Waals surface area (Å²) in [6.45, 7) is 3.28. The largest absolute Gasteiger partial charge is 0.471 e. The van der Waals surface area contributed by atoms with Crippen LogP contribution in [0.25, 0.3) is 21.7 Å². The molecule has 0 unspecified atom stereocenters. The van der Waals surface area contributed by atoms with Crippen LogP contribution in [0.1, 0.15) is 31.7 Å². The minimum Gasteiger partial charge on any atom is -0.471 e. The summed E-state index contributed by atoms with van der Waals surface area (Å²) in [5, 5.41) is 18.8. The van der Waals surface area contributed by atoms with Gasteiger partial charge in [-0.3, -0.25) is 14.8 Å². The fourth-order valence-electron chi connectivity index (χ4n) is 3.52. The highest BCUT2D eigenvalue weighted by atomic mass is 16.6. The third-order valence-electron chi connectivity index (χ3n) is 5.07.